The zero-order valence-electron chi connectivity index (χ0n) is 12.8. The Morgan fingerprint density at radius 2 is 2.36 bits per heavy atom. The first kappa shape index (κ1) is 16.6. The van der Waals surface area contributed by atoms with Crippen molar-refractivity contribution in [1.29, 1.82) is 0 Å². The Morgan fingerprint density at radius 1 is 1.55 bits per heavy atom. The van der Waals surface area contributed by atoms with Crippen molar-refractivity contribution < 1.29 is 24.1 Å². The predicted molar refractivity (Wildman–Crippen MR) is 81.3 cm³/mol. The average Bonchev–Trinajstić information content (AvgIpc) is 2.53. The molecule has 1 aromatic rings. The standard InChI is InChI=1S/C16H23NO5/c1-20-14-6-2-5-12(13(17)7-8-15(18)19)16(14)22-11-4-3-9-21-10-11/h2,5-6,11,13H,3-4,7-10,17H2,1H3,(H,18,19). The highest BCUT2D eigenvalue weighted by Gasteiger charge is 2.22. The summed E-state index contributed by atoms with van der Waals surface area (Å²) in [4.78, 5) is 10.7. The Labute approximate surface area is 130 Å². The zero-order valence-corrected chi connectivity index (χ0v) is 12.8. The van der Waals surface area contributed by atoms with Crippen LogP contribution in [0.5, 0.6) is 11.5 Å². The summed E-state index contributed by atoms with van der Waals surface area (Å²) in [5.74, 6) is 0.341. The fourth-order valence-corrected chi connectivity index (χ4v) is 2.52. The highest BCUT2D eigenvalue weighted by molar-refractivity contribution is 5.66. The third kappa shape index (κ3) is 4.35. The zero-order chi connectivity index (χ0) is 15.9. The van der Waals surface area contributed by atoms with E-state index in [-0.39, 0.29) is 12.5 Å². The summed E-state index contributed by atoms with van der Waals surface area (Å²) in [6, 6.07) is 5.09. The van der Waals surface area contributed by atoms with Gasteiger partial charge < -0.3 is 25.1 Å². The van der Waals surface area contributed by atoms with Crippen LogP contribution >= 0.6 is 0 Å². The van der Waals surface area contributed by atoms with Crippen LogP contribution in [-0.2, 0) is 9.53 Å². The lowest BCUT2D eigenvalue weighted by atomic mass is 10.0. The number of rotatable bonds is 7. The Bertz CT molecular complexity index is 499. The molecular formula is C16H23NO5. The molecule has 1 aliphatic rings. The predicted octanol–water partition coefficient (Wildman–Crippen LogP) is 2.12. The highest BCUT2D eigenvalue weighted by atomic mass is 16.5. The number of carboxylic acid groups (broad SMARTS) is 1. The second kappa shape index (κ2) is 8.00. The van der Waals surface area contributed by atoms with E-state index in [4.69, 9.17) is 25.1 Å². The fraction of sp³-hybridized carbons (Fsp3) is 0.562. The molecule has 0 aromatic heterocycles. The molecule has 1 aromatic carbocycles. The van der Waals surface area contributed by atoms with Gasteiger partial charge in [-0.1, -0.05) is 12.1 Å². The molecule has 1 saturated heterocycles. The lowest BCUT2D eigenvalue weighted by Gasteiger charge is -2.26. The molecule has 0 aliphatic carbocycles. The van der Waals surface area contributed by atoms with Crippen LogP contribution in [0.1, 0.15) is 37.3 Å². The van der Waals surface area contributed by atoms with Crippen molar-refractivity contribution in [2.75, 3.05) is 20.3 Å². The van der Waals surface area contributed by atoms with Crippen LogP contribution in [0.3, 0.4) is 0 Å². The molecule has 0 spiro atoms. The van der Waals surface area contributed by atoms with Crippen LogP contribution in [0, 0.1) is 0 Å². The van der Waals surface area contributed by atoms with Crippen molar-refractivity contribution in [3.05, 3.63) is 23.8 Å². The quantitative estimate of drug-likeness (QED) is 0.801. The van der Waals surface area contributed by atoms with Crippen molar-refractivity contribution in [3.63, 3.8) is 0 Å². The second-order valence-corrected chi connectivity index (χ2v) is 5.37. The number of aliphatic carboxylic acids is 1. The van der Waals surface area contributed by atoms with E-state index in [0.717, 1.165) is 25.0 Å². The van der Waals surface area contributed by atoms with E-state index < -0.39 is 12.0 Å². The largest absolute Gasteiger partial charge is 0.493 e. The molecule has 6 nitrogen and oxygen atoms in total. The van der Waals surface area contributed by atoms with Crippen LogP contribution in [0.2, 0.25) is 0 Å². The Hall–Kier alpha value is -1.79. The molecule has 1 heterocycles. The van der Waals surface area contributed by atoms with Crippen molar-refractivity contribution in [2.24, 2.45) is 5.73 Å². The number of ether oxygens (including phenoxy) is 3. The lowest BCUT2D eigenvalue weighted by molar-refractivity contribution is -0.137. The minimum atomic E-state index is -0.860. The van der Waals surface area contributed by atoms with Gasteiger partial charge in [0.25, 0.3) is 0 Å². The maximum atomic E-state index is 10.7. The molecule has 3 N–H and O–H groups in total. The van der Waals surface area contributed by atoms with Gasteiger partial charge in [-0.15, -0.1) is 0 Å². The number of carbonyl (C=O) groups is 1. The van der Waals surface area contributed by atoms with E-state index >= 15 is 0 Å². The first-order chi connectivity index (χ1) is 10.6. The van der Waals surface area contributed by atoms with Crippen LogP contribution in [0.4, 0.5) is 0 Å². The van der Waals surface area contributed by atoms with Crippen LogP contribution in [0.25, 0.3) is 0 Å². The maximum Gasteiger partial charge on any atom is 0.303 e. The summed E-state index contributed by atoms with van der Waals surface area (Å²) in [7, 11) is 1.58. The molecule has 2 unspecified atom stereocenters. The molecule has 2 atom stereocenters. The van der Waals surface area contributed by atoms with Gasteiger partial charge in [0.05, 0.1) is 13.7 Å². The third-order valence-corrected chi connectivity index (χ3v) is 3.70. The lowest BCUT2D eigenvalue weighted by Crippen LogP contribution is -2.29. The van der Waals surface area contributed by atoms with Gasteiger partial charge in [0, 0.05) is 24.6 Å². The van der Waals surface area contributed by atoms with Gasteiger partial charge in [-0.05, 0) is 25.3 Å². The molecular weight excluding hydrogens is 286 g/mol. The van der Waals surface area contributed by atoms with Crippen LogP contribution in [0.15, 0.2) is 18.2 Å². The van der Waals surface area contributed by atoms with Crippen LogP contribution in [-0.4, -0.2) is 37.5 Å². The average molecular weight is 309 g/mol. The summed E-state index contributed by atoms with van der Waals surface area (Å²) >= 11 is 0. The first-order valence-corrected chi connectivity index (χ1v) is 7.50. The monoisotopic (exact) mass is 309 g/mol. The van der Waals surface area contributed by atoms with Gasteiger partial charge in [0.1, 0.15) is 6.10 Å². The third-order valence-electron chi connectivity index (χ3n) is 3.70. The van der Waals surface area contributed by atoms with E-state index in [1.54, 1.807) is 7.11 Å². The molecule has 0 saturated carbocycles. The summed E-state index contributed by atoms with van der Waals surface area (Å²) in [6.07, 6.45) is 2.21. The van der Waals surface area contributed by atoms with Crippen LogP contribution < -0.4 is 15.2 Å². The minimum absolute atomic E-state index is 0.0182. The molecule has 1 aliphatic heterocycles. The van der Waals surface area contributed by atoms with E-state index in [1.807, 2.05) is 18.2 Å². The SMILES string of the molecule is COc1cccc(C(N)CCC(=O)O)c1OC1CCCOC1. The first-order valence-electron chi connectivity index (χ1n) is 7.50. The van der Waals surface area contributed by atoms with Crippen molar-refractivity contribution in [3.8, 4) is 11.5 Å². The van der Waals surface area contributed by atoms with E-state index in [9.17, 15) is 4.79 Å². The molecule has 22 heavy (non-hydrogen) atoms. The number of nitrogens with two attached hydrogens (primary N) is 1. The fourth-order valence-electron chi connectivity index (χ4n) is 2.52. The van der Waals surface area contributed by atoms with Gasteiger partial charge in [-0.25, -0.2) is 0 Å². The summed E-state index contributed by atoms with van der Waals surface area (Å²) in [5, 5.41) is 8.81. The van der Waals surface area contributed by atoms with E-state index in [0.29, 0.717) is 24.5 Å². The Balaban J connectivity index is 2.18. The van der Waals surface area contributed by atoms with E-state index in [1.165, 1.54) is 0 Å². The van der Waals surface area contributed by atoms with Gasteiger partial charge >= 0.3 is 5.97 Å². The summed E-state index contributed by atoms with van der Waals surface area (Å²) < 4.78 is 16.9. The molecule has 122 valence electrons. The summed E-state index contributed by atoms with van der Waals surface area (Å²) in [5.41, 5.74) is 6.91. The number of hydrogen-bond donors (Lipinski definition) is 2. The Morgan fingerprint density at radius 3 is 3.00 bits per heavy atom. The highest BCUT2D eigenvalue weighted by Crippen LogP contribution is 2.37. The minimum Gasteiger partial charge on any atom is -0.493 e. The van der Waals surface area contributed by atoms with Crippen molar-refractivity contribution in [2.45, 2.75) is 37.8 Å². The second-order valence-electron chi connectivity index (χ2n) is 5.37. The van der Waals surface area contributed by atoms with E-state index in [2.05, 4.69) is 0 Å². The molecule has 6 heteroatoms. The van der Waals surface area contributed by atoms with Gasteiger partial charge in [0.15, 0.2) is 11.5 Å². The maximum absolute atomic E-state index is 10.7. The molecule has 0 bridgehead atoms. The molecule has 0 amide bonds. The number of para-hydroxylation sites is 1. The number of methoxy groups -OCH3 is 1. The van der Waals surface area contributed by atoms with Gasteiger partial charge in [0.2, 0.25) is 0 Å². The van der Waals surface area contributed by atoms with Gasteiger partial charge in [-0.2, -0.15) is 0 Å². The van der Waals surface area contributed by atoms with Crippen molar-refractivity contribution >= 4 is 5.97 Å². The molecule has 0 radical (unpaired) electrons. The molecule has 2 rings (SSSR count). The number of hydrogen-bond acceptors (Lipinski definition) is 5. The smallest absolute Gasteiger partial charge is 0.303 e. The topological polar surface area (TPSA) is 91.0 Å². The summed E-state index contributed by atoms with van der Waals surface area (Å²) in [6.45, 7) is 1.30. The number of carboxylic acids is 1. The van der Waals surface area contributed by atoms with Crippen molar-refractivity contribution in [1.82, 2.24) is 0 Å². The van der Waals surface area contributed by atoms with Gasteiger partial charge in [-0.3, -0.25) is 4.79 Å². The normalized spacial score (nSPS) is 19.5. The molecule has 1 fully saturated rings. The number of benzene rings is 1. The Kier molecular flexibility index (Phi) is 6.03.